The molecule has 9 heteroatoms. The number of amides is 1. The van der Waals surface area contributed by atoms with Gasteiger partial charge in [-0.15, -0.1) is 0 Å². The number of aromatic nitrogens is 2. The molecule has 2 saturated heterocycles. The van der Waals surface area contributed by atoms with Crippen molar-refractivity contribution in [2.75, 3.05) is 31.2 Å². The molecule has 2 aliphatic heterocycles. The quantitative estimate of drug-likeness (QED) is 0.313. The first-order valence-corrected chi connectivity index (χ1v) is 15.3. The number of para-hydroxylation sites is 3. The van der Waals surface area contributed by atoms with Crippen LogP contribution >= 0.6 is 0 Å². The summed E-state index contributed by atoms with van der Waals surface area (Å²) in [4.78, 5) is 45.5. The molecule has 1 aromatic heterocycles. The molecule has 4 aromatic rings. The Labute approximate surface area is 250 Å². The zero-order valence-electron chi connectivity index (χ0n) is 24.3. The van der Waals surface area contributed by atoms with Gasteiger partial charge < -0.3 is 19.8 Å². The van der Waals surface area contributed by atoms with Crippen LogP contribution in [0.1, 0.15) is 54.1 Å². The highest BCUT2D eigenvalue weighted by atomic mass is 16.4. The summed E-state index contributed by atoms with van der Waals surface area (Å²) in [5, 5.41) is 9.44. The first-order chi connectivity index (χ1) is 20.9. The normalized spacial score (nSPS) is 18.7. The Balaban J connectivity index is 1.05. The van der Waals surface area contributed by atoms with Crippen molar-refractivity contribution in [1.29, 1.82) is 0 Å². The number of fused-ring (bicyclic) bond motifs is 1. The monoisotopic (exact) mass is 579 g/mol. The Morgan fingerprint density at radius 3 is 2.30 bits per heavy atom. The number of benzene rings is 3. The van der Waals surface area contributed by atoms with Crippen LogP contribution in [-0.2, 0) is 17.9 Å². The van der Waals surface area contributed by atoms with Crippen molar-refractivity contribution in [3.8, 4) is 0 Å². The number of carboxylic acids is 1. The van der Waals surface area contributed by atoms with Crippen molar-refractivity contribution in [3.05, 3.63) is 100 Å². The van der Waals surface area contributed by atoms with Crippen LogP contribution in [0.2, 0.25) is 0 Å². The highest BCUT2D eigenvalue weighted by molar-refractivity contribution is 5.93. The average molecular weight is 580 g/mol. The average Bonchev–Trinajstić information content (AvgIpc) is 3.78. The van der Waals surface area contributed by atoms with E-state index in [1.165, 1.54) is 0 Å². The third-order valence-electron chi connectivity index (χ3n) is 9.45. The van der Waals surface area contributed by atoms with Crippen LogP contribution in [-0.4, -0.2) is 67.8 Å². The van der Waals surface area contributed by atoms with Crippen LogP contribution in [0.25, 0.3) is 11.0 Å². The van der Waals surface area contributed by atoms with E-state index in [0.717, 1.165) is 61.2 Å². The van der Waals surface area contributed by atoms with E-state index in [1.54, 1.807) is 18.2 Å². The summed E-state index contributed by atoms with van der Waals surface area (Å²) in [6.07, 6.45) is 4.46. The van der Waals surface area contributed by atoms with Gasteiger partial charge in [0.25, 0.3) is 0 Å². The molecule has 0 bridgehead atoms. The van der Waals surface area contributed by atoms with Gasteiger partial charge in [-0.05, 0) is 80.6 Å². The number of carboxylic acid groups (broad SMARTS) is 1. The zero-order valence-corrected chi connectivity index (χ0v) is 24.3. The molecule has 222 valence electrons. The Hall–Kier alpha value is -4.37. The Kier molecular flexibility index (Phi) is 7.05. The van der Waals surface area contributed by atoms with Gasteiger partial charge in [-0.1, -0.05) is 42.5 Å². The lowest BCUT2D eigenvalue weighted by Gasteiger charge is -2.43. The predicted octanol–water partition coefficient (Wildman–Crippen LogP) is 4.57. The van der Waals surface area contributed by atoms with E-state index in [4.69, 9.17) is 0 Å². The summed E-state index contributed by atoms with van der Waals surface area (Å²) in [6.45, 7) is 3.99. The fourth-order valence-corrected chi connectivity index (χ4v) is 7.08. The van der Waals surface area contributed by atoms with Crippen molar-refractivity contribution in [2.24, 2.45) is 0 Å². The molecule has 7 rings (SSSR count). The lowest BCUT2D eigenvalue weighted by Crippen LogP contribution is -2.56. The SMILES string of the molecule is O=C(O)c1cccc(CN2CN(c3ccccc3)C3(CCN(CCCn4c(=O)n(C5CC5)c5ccccc54)CC3)C2=O)c1. The summed E-state index contributed by atoms with van der Waals surface area (Å²) in [7, 11) is 0. The molecule has 0 radical (unpaired) electrons. The number of nitrogens with zero attached hydrogens (tertiary/aromatic N) is 5. The van der Waals surface area contributed by atoms with E-state index in [1.807, 2.05) is 56.5 Å². The first-order valence-electron chi connectivity index (χ1n) is 15.3. The number of imidazole rings is 1. The molecule has 0 unspecified atom stereocenters. The van der Waals surface area contributed by atoms with Gasteiger partial charge in [0.15, 0.2) is 0 Å². The van der Waals surface area contributed by atoms with Gasteiger partial charge in [0.2, 0.25) is 5.91 Å². The van der Waals surface area contributed by atoms with Gasteiger partial charge >= 0.3 is 11.7 Å². The predicted molar refractivity (Wildman–Crippen MR) is 165 cm³/mol. The van der Waals surface area contributed by atoms with Crippen LogP contribution in [0.4, 0.5) is 5.69 Å². The van der Waals surface area contributed by atoms with Gasteiger partial charge in [0, 0.05) is 37.9 Å². The number of aryl methyl sites for hydroxylation is 1. The fraction of sp³-hybridized carbons (Fsp3) is 0.382. The number of aromatic carboxylic acids is 1. The summed E-state index contributed by atoms with van der Waals surface area (Å²) < 4.78 is 3.92. The summed E-state index contributed by atoms with van der Waals surface area (Å²) in [6, 6.07) is 25.4. The number of rotatable bonds is 9. The van der Waals surface area contributed by atoms with Crippen LogP contribution in [0, 0.1) is 0 Å². The molecule has 3 fully saturated rings. The summed E-state index contributed by atoms with van der Waals surface area (Å²) in [5.74, 6) is -0.862. The molecule has 1 saturated carbocycles. The Bertz CT molecular complexity index is 1720. The molecule has 43 heavy (non-hydrogen) atoms. The van der Waals surface area contributed by atoms with Gasteiger partial charge in [0.05, 0.1) is 23.3 Å². The number of hydrogen-bond donors (Lipinski definition) is 1. The maximum Gasteiger partial charge on any atom is 0.335 e. The third kappa shape index (κ3) is 5.01. The van der Waals surface area contributed by atoms with Gasteiger partial charge in [-0.3, -0.25) is 13.9 Å². The van der Waals surface area contributed by atoms with E-state index >= 15 is 0 Å². The van der Waals surface area contributed by atoms with E-state index in [-0.39, 0.29) is 17.2 Å². The second-order valence-electron chi connectivity index (χ2n) is 12.2. The van der Waals surface area contributed by atoms with Crippen LogP contribution in [0.5, 0.6) is 0 Å². The minimum atomic E-state index is -0.970. The number of piperidine rings is 1. The number of carbonyl (C=O) groups excluding carboxylic acids is 1. The highest BCUT2D eigenvalue weighted by Gasteiger charge is 2.53. The Morgan fingerprint density at radius 2 is 1.58 bits per heavy atom. The Morgan fingerprint density at radius 1 is 0.860 bits per heavy atom. The maximum atomic E-state index is 14.1. The minimum absolute atomic E-state index is 0.102. The summed E-state index contributed by atoms with van der Waals surface area (Å²) >= 11 is 0. The molecule has 0 atom stereocenters. The molecule has 3 aromatic carbocycles. The number of anilines is 1. The van der Waals surface area contributed by atoms with E-state index in [2.05, 4.69) is 28.0 Å². The lowest BCUT2D eigenvalue weighted by molar-refractivity contribution is -0.134. The topological polar surface area (TPSA) is 91.0 Å². The van der Waals surface area contributed by atoms with E-state index < -0.39 is 11.5 Å². The van der Waals surface area contributed by atoms with E-state index in [9.17, 15) is 19.5 Å². The summed E-state index contributed by atoms with van der Waals surface area (Å²) in [5.41, 5.74) is 3.59. The maximum absolute atomic E-state index is 14.1. The number of carbonyl (C=O) groups is 2. The van der Waals surface area contributed by atoms with Crippen molar-refractivity contribution >= 4 is 28.6 Å². The zero-order chi connectivity index (χ0) is 29.6. The molecule has 3 aliphatic rings. The van der Waals surface area contributed by atoms with Gasteiger partial charge in [0.1, 0.15) is 5.54 Å². The van der Waals surface area contributed by atoms with Crippen LogP contribution < -0.4 is 10.6 Å². The second kappa shape index (κ2) is 11.0. The first kappa shape index (κ1) is 27.5. The molecule has 1 N–H and O–H groups in total. The fourth-order valence-electron chi connectivity index (χ4n) is 7.08. The molecular formula is C34H37N5O4. The smallest absolute Gasteiger partial charge is 0.335 e. The number of hydrogen-bond acceptors (Lipinski definition) is 5. The van der Waals surface area contributed by atoms with Gasteiger partial charge in [-0.2, -0.15) is 0 Å². The molecule has 1 spiro atoms. The van der Waals surface area contributed by atoms with Crippen molar-refractivity contribution < 1.29 is 14.7 Å². The van der Waals surface area contributed by atoms with Crippen LogP contribution in [0.15, 0.2) is 83.7 Å². The molecule has 3 heterocycles. The largest absolute Gasteiger partial charge is 0.478 e. The molecular weight excluding hydrogens is 542 g/mol. The molecule has 1 aliphatic carbocycles. The molecule has 9 nitrogen and oxygen atoms in total. The van der Waals surface area contributed by atoms with Gasteiger partial charge in [-0.25, -0.2) is 9.59 Å². The lowest BCUT2D eigenvalue weighted by atomic mass is 9.85. The van der Waals surface area contributed by atoms with E-state index in [0.29, 0.717) is 38.6 Å². The third-order valence-corrected chi connectivity index (χ3v) is 9.45. The van der Waals surface area contributed by atoms with Crippen molar-refractivity contribution in [2.45, 2.75) is 56.8 Å². The standard InChI is InChI=1S/C34H37N5O4/c40-31(41)26-9-6-8-25(22-26)23-36-24-38(27-10-2-1-3-11-27)34(32(36)42)16-20-35(21-17-34)18-7-19-37-29-12-4-5-13-30(29)39(33(37)43)28-14-15-28/h1-6,8-13,22,28H,7,14-21,23-24H2,(H,40,41). The number of likely N-dealkylation sites (tertiary alicyclic amines) is 1. The van der Waals surface area contributed by atoms with Crippen molar-refractivity contribution in [1.82, 2.24) is 18.9 Å². The highest BCUT2D eigenvalue weighted by Crippen LogP contribution is 2.40. The van der Waals surface area contributed by atoms with Crippen LogP contribution in [0.3, 0.4) is 0 Å². The molecule has 1 amide bonds. The van der Waals surface area contributed by atoms with Crippen molar-refractivity contribution in [3.63, 3.8) is 0 Å². The second-order valence-corrected chi connectivity index (χ2v) is 12.2. The minimum Gasteiger partial charge on any atom is -0.478 e.